The Hall–Kier alpha value is -2.25. The van der Waals surface area contributed by atoms with E-state index in [-0.39, 0.29) is 17.5 Å². The lowest BCUT2D eigenvalue weighted by atomic mass is 9.96. The number of likely N-dealkylation sites (tertiary alicyclic amines) is 1. The van der Waals surface area contributed by atoms with Gasteiger partial charge in [0.25, 0.3) is 0 Å². The molecule has 0 atom stereocenters. The van der Waals surface area contributed by atoms with Gasteiger partial charge in [0.05, 0.1) is 5.56 Å². The Morgan fingerprint density at radius 3 is 2.31 bits per heavy atom. The van der Waals surface area contributed by atoms with Gasteiger partial charge in [0.2, 0.25) is 5.91 Å². The number of hydrogen-bond acceptors (Lipinski definition) is 3. The van der Waals surface area contributed by atoms with Gasteiger partial charge < -0.3 is 15.0 Å². The normalized spacial score (nSPS) is 16.3. The lowest BCUT2D eigenvalue weighted by Gasteiger charge is -2.32. The van der Waals surface area contributed by atoms with Gasteiger partial charge in [-0.1, -0.05) is 6.07 Å². The van der Waals surface area contributed by atoms with Crippen molar-refractivity contribution in [3.63, 3.8) is 0 Å². The SMILES string of the molecule is CC(C)(C)OC(=O)N1CCC(C(=O)Nc2cccc(C(F)(F)F)c2)CC1. The van der Waals surface area contributed by atoms with Gasteiger partial charge in [-0.2, -0.15) is 13.2 Å². The zero-order chi connectivity index (χ0) is 19.5. The topological polar surface area (TPSA) is 58.6 Å². The quantitative estimate of drug-likeness (QED) is 0.842. The van der Waals surface area contributed by atoms with E-state index in [9.17, 15) is 22.8 Å². The van der Waals surface area contributed by atoms with Crippen LogP contribution in [0.15, 0.2) is 24.3 Å². The van der Waals surface area contributed by atoms with E-state index < -0.39 is 23.4 Å². The number of nitrogens with one attached hydrogen (secondary N) is 1. The monoisotopic (exact) mass is 372 g/mol. The average molecular weight is 372 g/mol. The first kappa shape index (κ1) is 20.1. The van der Waals surface area contributed by atoms with Crippen molar-refractivity contribution in [1.82, 2.24) is 4.90 Å². The Balaban J connectivity index is 1.90. The summed E-state index contributed by atoms with van der Waals surface area (Å²) in [6.07, 6.45) is -4.01. The average Bonchev–Trinajstić information content (AvgIpc) is 2.53. The van der Waals surface area contributed by atoms with Crippen molar-refractivity contribution in [2.75, 3.05) is 18.4 Å². The molecular formula is C18H23F3N2O3. The lowest BCUT2D eigenvalue weighted by Crippen LogP contribution is -2.43. The third-order valence-corrected chi connectivity index (χ3v) is 3.97. The van der Waals surface area contributed by atoms with Crippen molar-refractivity contribution in [3.8, 4) is 0 Å². The molecule has 5 nitrogen and oxygen atoms in total. The molecule has 0 saturated carbocycles. The van der Waals surface area contributed by atoms with E-state index in [0.29, 0.717) is 25.9 Å². The number of ether oxygens (including phenoxy) is 1. The molecule has 1 fully saturated rings. The maximum Gasteiger partial charge on any atom is 0.416 e. The van der Waals surface area contributed by atoms with E-state index in [2.05, 4.69) is 5.32 Å². The first-order chi connectivity index (χ1) is 12.0. The van der Waals surface area contributed by atoms with Crippen LogP contribution in [0, 0.1) is 5.92 Å². The molecular weight excluding hydrogens is 349 g/mol. The summed E-state index contributed by atoms with van der Waals surface area (Å²) in [5.41, 5.74) is -1.29. The fourth-order valence-electron chi connectivity index (χ4n) is 2.67. The minimum absolute atomic E-state index is 0.111. The minimum Gasteiger partial charge on any atom is -0.444 e. The zero-order valence-corrected chi connectivity index (χ0v) is 15.0. The van der Waals surface area contributed by atoms with Crippen LogP contribution >= 0.6 is 0 Å². The summed E-state index contributed by atoms with van der Waals surface area (Å²) in [7, 11) is 0. The fraction of sp³-hybridized carbons (Fsp3) is 0.556. The number of amides is 2. The molecule has 1 saturated heterocycles. The highest BCUT2D eigenvalue weighted by Crippen LogP contribution is 2.31. The summed E-state index contributed by atoms with van der Waals surface area (Å²) in [6.45, 7) is 6.08. The molecule has 0 unspecified atom stereocenters. The van der Waals surface area contributed by atoms with E-state index in [0.717, 1.165) is 12.1 Å². The van der Waals surface area contributed by atoms with Crippen molar-refractivity contribution in [1.29, 1.82) is 0 Å². The molecule has 1 heterocycles. The minimum atomic E-state index is -4.46. The van der Waals surface area contributed by atoms with Crippen LogP contribution in [0.1, 0.15) is 39.2 Å². The van der Waals surface area contributed by atoms with Crippen LogP contribution in [0.3, 0.4) is 0 Å². The molecule has 1 aromatic carbocycles. The zero-order valence-electron chi connectivity index (χ0n) is 15.0. The Kier molecular flexibility index (Phi) is 5.83. The van der Waals surface area contributed by atoms with Crippen molar-refractivity contribution < 1.29 is 27.5 Å². The van der Waals surface area contributed by atoms with E-state index in [1.807, 2.05) is 0 Å². The summed E-state index contributed by atoms with van der Waals surface area (Å²) in [6, 6.07) is 4.54. The van der Waals surface area contributed by atoms with E-state index >= 15 is 0 Å². The van der Waals surface area contributed by atoms with Gasteiger partial charge in [0.1, 0.15) is 5.60 Å². The van der Waals surface area contributed by atoms with Gasteiger partial charge in [0.15, 0.2) is 0 Å². The van der Waals surface area contributed by atoms with Gasteiger partial charge in [-0.25, -0.2) is 4.79 Å². The maximum atomic E-state index is 12.7. The molecule has 0 bridgehead atoms. The molecule has 1 N–H and O–H groups in total. The number of anilines is 1. The predicted octanol–water partition coefficient (Wildman–Crippen LogP) is 4.29. The number of carbonyl (C=O) groups excluding carboxylic acids is 2. The van der Waals surface area contributed by atoms with Crippen molar-refractivity contribution in [3.05, 3.63) is 29.8 Å². The molecule has 144 valence electrons. The standard InChI is InChI=1S/C18H23F3N2O3/c1-17(2,3)26-16(25)23-9-7-12(8-10-23)15(24)22-14-6-4-5-13(11-14)18(19,20)21/h4-6,11-12H,7-10H2,1-3H3,(H,22,24). The number of nitrogens with zero attached hydrogens (tertiary/aromatic N) is 1. The molecule has 0 radical (unpaired) electrons. The molecule has 0 aliphatic carbocycles. The van der Waals surface area contributed by atoms with Gasteiger partial charge in [-0.15, -0.1) is 0 Å². The van der Waals surface area contributed by atoms with Gasteiger partial charge >= 0.3 is 12.3 Å². The van der Waals surface area contributed by atoms with Crippen LogP contribution in [0.5, 0.6) is 0 Å². The Bertz CT molecular complexity index is 660. The predicted molar refractivity (Wildman–Crippen MR) is 90.6 cm³/mol. The van der Waals surface area contributed by atoms with Crippen molar-refractivity contribution in [2.45, 2.75) is 45.4 Å². The Labute approximate surface area is 150 Å². The molecule has 1 aliphatic rings. The Morgan fingerprint density at radius 1 is 1.15 bits per heavy atom. The van der Waals surface area contributed by atoms with Gasteiger partial charge in [-0.05, 0) is 51.8 Å². The molecule has 0 aromatic heterocycles. The number of piperidine rings is 1. The molecule has 1 aliphatic heterocycles. The van der Waals surface area contributed by atoms with E-state index in [4.69, 9.17) is 4.74 Å². The summed E-state index contributed by atoms with van der Waals surface area (Å²) >= 11 is 0. The molecule has 1 aromatic rings. The van der Waals surface area contributed by atoms with Crippen LogP contribution in [-0.4, -0.2) is 35.6 Å². The van der Waals surface area contributed by atoms with E-state index in [1.54, 1.807) is 25.7 Å². The van der Waals surface area contributed by atoms with Gasteiger partial charge in [0, 0.05) is 24.7 Å². The second-order valence-electron chi connectivity index (χ2n) is 7.31. The van der Waals surface area contributed by atoms with Gasteiger partial charge in [-0.3, -0.25) is 4.79 Å². The van der Waals surface area contributed by atoms with Crippen molar-refractivity contribution >= 4 is 17.7 Å². The smallest absolute Gasteiger partial charge is 0.416 e. The Morgan fingerprint density at radius 2 is 1.77 bits per heavy atom. The number of alkyl halides is 3. The number of benzene rings is 1. The summed E-state index contributed by atoms with van der Waals surface area (Å²) in [5.74, 6) is -0.698. The highest BCUT2D eigenvalue weighted by Gasteiger charge is 2.32. The summed E-state index contributed by atoms with van der Waals surface area (Å²) in [4.78, 5) is 25.9. The molecule has 0 spiro atoms. The largest absolute Gasteiger partial charge is 0.444 e. The third-order valence-electron chi connectivity index (χ3n) is 3.97. The first-order valence-corrected chi connectivity index (χ1v) is 8.42. The number of rotatable bonds is 2. The van der Waals surface area contributed by atoms with Crippen LogP contribution in [0.25, 0.3) is 0 Å². The second-order valence-corrected chi connectivity index (χ2v) is 7.31. The van der Waals surface area contributed by atoms with E-state index in [1.165, 1.54) is 12.1 Å². The number of carbonyl (C=O) groups is 2. The summed E-state index contributed by atoms with van der Waals surface area (Å²) in [5, 5.41) is 2.53. The maximum absolute atomic E-state index is 12.7. The lowest BCUT2D eigenvalue weighted by molar-refractivity contribution is -0.137. The van der Waals surface area contributed by atoms with Crippen LogP contribution < -0.4 is 5.32 Å². The molecule has 2 amide bonds. The second kappa shape index (κ2) is 7.55. The first-order valence-electron chi connectivity index (χ1n) is 8.42. The molecule has 2 rings (SSSR count). The number of hydrogen-bond donors (Lipinski definition) is 1. The highest BCUT2D eigenvalue weighted by atomic mass is 19.4. The highest BCUT2D eigenvalue weighted by molar-refractivity contribution is 5.92. The summed E-state index contributed by atoms with van der Waals surface area (Å²) < 4.78 is 43.5. The fourth-order valence-corrected chi connectivity index (χ4v) is 2.67. The third kappa shape index (κ3) is 5.64. The van der Waals surface area contributed by atoms with Crippen molar-refractivity contribution in [2.24, 2.45) is 5.92 Å². The van der Waals surface area contributed by atoms with Crippen LogP contribution in [0.2, 0.25) is 0 Å². The molecule has 8 heteroatoms. The number of halogens is 3. The van der Waals surface area contributed by atoms with Crippen LogP contribution in [-0.2, 0) is 15.7 Å². The van der Waals surface area contributed by atoms with Crippen LogP contribution in [0.4, 0.5) is 23.7 Å². The molecule has 26 heavy (non-hydrogen) atoms.